The lowest BCUT2D eigenvalue weighted by Gasteiger charge is -2.35. The van der Waals surface area contributed by atoms with E-state index < -0.39 is 6.10 Å². The van der Waals surface area contributed by atoms with E-state index >= 15 is 0 Å². The quantitative estimate of drug-likeness (QED) is 0.718. The van der Waals surface area contributed by atoms with Crippen LogP contribution in [0.1, 0.15) is 18.4 Å². The summed E-state index contributed by atoms with van der Waals surface area (Å²) in [6.07, 6.45) is -0.514. The average Bonchev–Trinajstić information content (AvgIpc) is 3.08. The molecule has 1 aromatic heterocycles. The first kappa shape index (κ1) is 19.7. The minimum Gasteiger partial charge on any atom is -0.494 e. The summed E-state index contributed by atoms with van der Waals surface area (Å²) < 4.78 is 16.4. The first-order valence-corrected chi connectivity index (χ1v) is 9.53. The highest BCUT2D eigenvalue weighted by atomic mass is 16.5. The fourth-order valence-corrected chi connectivity index (χ4v) is 3.18. The molecule has 3 rings (SSSR count). The first-order chi connectivity index (χ1) is 13.1. The number of piperazine rings is 1. The van der Waals surface area contributed by atoms with Crippen molar-refractivity contribution < 1.29 is 19.1 Å². The molecule has 0 aliphatic carbocycles. The van der Waals surface area contributed by atoms with Gasteiger partial charge in [-0.05, 0) is 38.1 Å². The van der Waals surface area contributed by atoms with Gasteiger partial charge >= 0.3 is 0 Å². The normalized spacial score (nSPS) is 17.0. The van der Waals surface area contributed by atoms with E-state index in [9.17, 15) is 5.11 Å². The summed E-state index contributed by atoms with van der Waals surface area (Å²) >= 11 is 0. The Kier molecular flexibility index (Phi) is 7.09. The Balaban J connectivity index is 1.34. The van der Waals surface area contributed by atoms with Gasteiger partial charge in [-0.15, -0.1) is 0 Å². The van der Waals surface area contributed by atoms with E-state index in [1.165, 1.54) is 0 Å². The highest BCUT2D eigenvalue weighted by Gasteiger charge is 2.20. The molecule has 1 aliphatic rings. The number of aliphatic hydroxyl groups is 1. The summed E-state index contributed by atoms with van der Waals surface area (Å²) in [5.74, 6) is 2.47. The molecule has 7 nitrogen and oxygen atoms in total. The van der Waals surface area contributed by atoms with Gasteiger partial charge in [-0.3, -0.25) is 9.80 Å². The van der Waals surface area contributed by atoms with Crippen LogP contribution in [0.3, 0.4) is 0 Å². The lowest BCUT2D eigenvalue weighted by atomic mass is 10.2. The monoisotopic (exact) mass is 375 g/mol. The molecule has 1 aliphatic heterocycles. The van der Waals surface area contributed by atoms with E-state index in [1.807, 2.05) is 44.2 Å². The first-order valence-electron chi connectivity index (χ1n) is 9.53. The fraction of sp³-hybridized carbons (Fsp3) is 0.550. The van der Waals surface area contributed by atoms with Crippen LogP contribution in [0.25, 0.3) is 0 Å². The summed E-state index contributed by atoms with van der Waals surface area (Å²) in [7, 11) is 0. The third-order valence-electron chi connectivity index (χ3n) is 4.57. The molecule has 2 heterocycles. The Morgan fingerprint density at radius 3 is 2.30 bits per heavy atom. The Morgan fingerprint density at radius 2 is 1.70 bits per heavy atom. The van der Waals surface area contributed by atoms with Crippen LogP contribution in [0, 0.1) is 6.92 Å². The molecule has 0 radical (unpaired) electrons. The molecule has 7 heteroatoms. The van der Waals surface area contributed by atoms with Crippen molar-refractivity contribution in [3.63, 3.8) is 0 Å². The molecule has 0 saturated carbocycles. The number of rotatable bonds is 9. The molecular weight excluding hydrogens is 346 g/mol. The van der Waals surface area contributed by atoms with Crippen molar-refractivity contribution in [2.75, 3.05) is 45.9 Å². The highest BCUT2D eigenvalue weighted by molar-refractivity contribution is 5.31. The van der Waals surface area contributed by atoms with Gasteiger partial charge in [0, 0.05) is 38.8 Å². The van der Waals surface area contributed by atoms with Gasteiger partial charge in [-0.1, -0.05) is 5.16 Å². The van der Waals surface area contributed by atoms with Crippen molar-refractivity contribution in [2.45, 2.75) is 26.5 Å². The number of nitrogens with zero attached hydrogens (tertiary/aromatic N) is 3. The largest absolute Gasteiger partial charge is 0.494 e. The van der Waals surface area contributed by atoms with Crippen LogP contribution >= 0.6 is 0 Å². The second-order valence-electron chi connectivity index (χ2n) is 6.88. The Hall–Kier alpha value is -2.09. The molecule has 1 saturated heterocycles. The van der Waals surface area contributed by atoms with Crippen molar-refractivity contribution in [1.82, 2.24) is 15.0 Å². The molecule has 0 spiro atoms. The van der Waals surface area contributed by atoms with Crippen molar-refractivity contribution in [2.24, 2.45) is 0 Å². The minimum atomic E-state index is -0.514. The third-order valence-corrected chi connectivity index (χ3v) is 4.57. The predicted octanol–water partition coefficient (Wildman–Crippen LogP) is 1.94. The van der Waals surface area contributed by atoms with Crippen LogP contribution < -0.4 is 9.47 Å². The predicted molar refractivity (Wildman–Crippen MR) is 102 cm³/mol. The Bertz CT molecular complexity index is 681. The molecule has 1 atom stereocenters. The van der Waals surface area contributed by atoms with Gasteiger partial charge < -0.3 is 19.1 Å². The molecule has 1 fully saturated rings. The Morgan fingerprint density at radius 1 is 1.07 bits per heavy atom. The van der Waals surface area contributed by atoms with E-state index in [1.54, 1.807) is 0 Å². The molecule has 2 aromatic rings. The summed E-state index contributed by atoms with van der Waals surface area (Å²) in [5, 5.41) is 14.2. The number of ether oxygens (including phenoxy) is 2. The zero-order valence-electron chi connectivity index (χ0n) is 16.1. The lowest BCUT2D eigenvalue weighted by molar-refractivity contribution is 0.0430. The van der Waals surface area contributed by atoms with Crippen LogP contribution in [0.4, 0.5) is 0 Å². The van der Waals surface area contributed by atoms with E-state index in [0.717, 1.165) is 55.7 Å². The van der Waals surface area contributed by atoms with Crippen LogP contribution in [-0.2, 0) is 6.54 Å². The van der Waals surface area contributed by atoms with E-state index in [-0.39, 0.29) is 6.61 Å². The maximum absolute atomic E-state index is 10.3. The Labute approximate surface area is 160 Å². The van der Waals surface area contributed by atoms with Crippen LogP contribution in [-0.4, -0.2) is 72.1 Å². The number of β-amino-alcohol motifs (C(OH)–C–C–N with tert-alkyl or cyclic N) is 1. The molecule has 1 aromatic carbocycles. The SMILES string of the molecule is CCOc1ccc(OCC(O)CN2CCN(Cc3cc(C)no3)CC2)cc1. The van der Waals surface area contributed by atoms with E-state index in [0.29, 0.717) is 13.2 Å². The molecule has 27 heavy (non-hydrogen) atoms. The second-order valence-corrected chi connectivity index (χ2v) is 6.88. The second kappa shape index (κ2) is 9.73. The standard InChI is InChI=1S/C20H29N3O4/c1-3-25-18-4-6-19(7-5-18)26-15-17(24)13-22-8-10-23(11-9-22)14-20-12-16(2)21-27-20/h4-7,12,17,24H,3,8-11,13-15H2,1-2H3. The van der Waals surface area contributed by atoms with Gasteiger partial charge in [0.1, 0.15) is 24.2 Å². The summed E-state index contributed by atoms with van der Waals surface area (Å²) in [6, 6.07) is 9.46. The minimum absolute atomic E-state index is 0.283. The number of aliphatic hydroxyl groups excluding tert-OH is 1. The average molecular weight is 375 g/mol. The highest BCUT2D eigenvalue weighted by Crippen LogP contribution is 2.18. The smallest absolute Gasteiger partial charge is 0.150 e. The molecular formula is C20H29N3O4. The molecule has 1 unspecified atom stereocenters. The van der Waals surface area contributed by atoms with Crippen LogP contribution in [0.15, 0.2) is 34.9 Å². The van der Waals surface area contributed by atoms with Gasteiger partial charge in [0.2, 0.25) is 0 Å². The van der Waals surface area contributed by atoms with E-state index in [2.05, 4.69) is 15.0 Å². The summed E-state index contributed by atoms with van der Waals surface area (Å²) in [5.41, 5.74) is 0.916. The number of aryl methyl sites for hydroxylation is 1. The van der Waals surface area contributed by atoms with Gasteiger partial charge in [-0.25, -0.2) is 0 Å². The summed E-state index contributed by atoms with van der Waals surface area (Å²) in [6.45, 7) is 9.97. The van der Waals surface area contributed by atoms with Crippen molar-refractivity contribution in [1.29, 1.82) is 0 Å². The molecule has 148 valence electrons. The number of aromatic nitrogens is 1. The number of hydrogen-bond acceptors (Lipinski definition) is 7. The van der Waals surface area contributed by atoms with Crippen LogP contribution in [0.5, 0.6) is 11.5 Å². The van der Waals surface area contributed by atoms with Crippen molar-refractivity contribution in [3.05, 3.63) is 41.8 Å². The maximum atomic E-state index is 10.3. The van der Waals surface area contributed by atoms with Crippen LogP contribution in [0.2, 0.25) is 0 Å². The van der Waals surface area contributed by atoms with Crippen molar-refractivity contribution >= 4 is 0 Å². The van der Waals surface area contributed by atoms with Gasteiger partial charge in [-0.2, -0.15) is 0 Å². The maximum Gasteiger partial charge on any atom is 0.150 e. The van der Waals surface area contributed by atoms with E-state index in [4.69, 9.17) is 14.0 Å². The molecule has 1 N–H and O–H groups in total. The van der Waals surface area contributed by atoms with Crippen molar-refractivity contribution in [3.8, 4) is 11.5 Å². The van der Waals surface area contributed by atoms with Gasteiger partial charge in [0.25, 0.3) is 0 Å². The van der Waals surface area contributed by atoms with Gasteiger partial charge in [0.15, 0.2) is 5.76 Å². The zero-order valence-corrected chi connectivity index (χ0v) is 16.1. The lowest BCUT2D eigenvalue weighted by Crippen LogP contribution is -2.48. The zero-order chi connectivity index (χ0) is 19.1. The molecule has 0 amide bonds. The fourth-order valence-electron chi connectivity index (χ4n) is 3.18. The number of hydrogen-bond donors (Lipinski definition) is 1. The summed E-state index contributed by atoms with van der Waals surface area (Å²) in [4.78, 5) is 4.62. The van der Waals surface area contributed by atoms with Gasteiger partial charge in [0.05, 0.1) is 18.8 Å². The molecule has 0 bridgehead atoms. The number of benzene rings is 1. The topological polar surface area (TPSA) is 71.2 Å². The third kappa shape index (κ3) is 6.23.